The standard InChI is InChI=1S/C3H7NO.2HI.I.K/c1-4(2)3-5;;;;/h3H,1-2H3;2*1H;;/q;;;2*+1/p-2. The molecule has 0 atom stereocenters. The SMILES string of the molecule is CN(C)C=O.[I+].[I-].[I-].[K+]. The Balaban J connectivity index is -0.0000000133. The molecule has 1 amide bonds. The van der Waals surface area contributed by atoms with Gasteiger partial charge in [-0.2, -0.15) is 0 Å². The van der Waals surface area contributed by atoms with Gasteiger partial charge < -0.3 is 52.9 Å². The maximum Gasteiger partial charge on any atom is 1.00 e. The van der Waals surface area contributed by atoms with Crippen molar-refractivity contribution in [3.63, 3.8) is 0 Å². The van der Waals surface area contributed by atoms with Crippen molar-refractivity contribution in [2.45, 2.75) is 0 Å². The van der Waals surface area contributed by atoms with Gasteiger partial charge in [0.05, 0.1) is 0 Å². The molecular weight excluding hydrogens is 486 g/mol. The van der Waals surface area contributed by atoms with Crippen molar-refractivity contribution in [3.05, 3.63) is 0 Å². The second kappa shape index (κ2) is 22.5. The summed E-state index contributed by atoms with van der Waals surface area (Å²) >= 11 is 0. The minimum atomic E-state index is 0. The Morgan fingerprint density at radius 2 is 1.33 bits per heavy atom. The summed E-state index contributed by atoms with van der Waals surface area (Å²) in [6.45, 7) is 0. The van der Waals surface area contributed by atoms with E-state index in [0.717, 1.165) is 6.41 Å². The van der Waals surface area contributed by atoms with Gasteiger partial charge in [0.25, 0.3) is 0 Å². The van der Waals surface area contributed by atoms with E-state index < -0.39 is 0 Å². The van der Waals surface area contributed by atoms with Crippen molar-refractivity contribution in [1.29, 1.82) is 0 Å². The molecule has 0 bridgehead atoms. The monoisotopic (exact) mass is 493 g/mol. The smallest absolute Gasteiger partial charge is 1.00 e. The fraction of sp³-hybridized carbons (Fsp3) is 0.667. The van der Waals surface area contributed by atoms with E-state index in [1.54, 1.807) is 14.1 Å². The zero-order valence-corrected chi connectivity index (χ0v) is 15.2. The van der Waals surface area contributed by atoms with Crippen molar-refractivity contribution in [2.75, 3.05) is 14.1 Å². The van der Waals surface area contributed by atoms with Crippen LogP contribution in [0, 0.1) is 0 Å². The van der Waals surface area contributed by atoms with Crippen LogP contribution in [0.5, 0.6) is 0 Å². The van der Waals surface area contributed by atoms with E-state index in [9.17, 15) is 4.79 Å². The minimum absolute atomic E-state index is 0. The third kappa shape index (κ3) is 34.8. The fourth-order valence-corrected chi connectivity index (χ4v) is 0. The summed E-state index contributed by atoms with van der Waals surface area (Å²) in [7, 11) is 3.38. The number of halogens is 3. The van der Waals surface area contributed by atoms with Crippen molar-refractivity contribution < 1.29 is 128 Å². The normalized spacial score (nSPS) is 3.78. The first-order chi connectivity index (χ1) is 2.27. The summed E-state index contributed by atoms with van der Waals surface area (Å²) in [6, 6.07) is 0. The molecule has 0 aliphatic heterocycles. The maximum atomic E-state index is 9.43. The van der Waals surface area contributed by atoms with Gasteiger partial charge in [-0.1, -0.05) is 0 Å². The van der Waals surface area contributed by atoms with Crippen LogP contribution in [0.15, 0.2) is 0 Å². The molecule has 0 aliphatic carbocycles. The molecule has 6 heteroatoms. The second-order valence-corrected chi connectivity index (χ2v) is 1.07. The number of rotatable bonds is 1. The molecule has 0 fully saturated rings. The van der Waals surface area contributed by atoms with Gasteiger partial charge >= 0.3 is 75.4 Å². The molecular formula is C3H7I3KNO. The van der Waals surface area contributed by atoms with Gasteiger partial charge in [0, 0.05) is 14.1 Å². The van der Waals surface area contributed by atoms with Gasteiger partial charge in [-0.05, 0) is 0 Å². The molecule has 2 radical (unpaired) electrons. The van der Waals surface area contributed by atoms with E-state index in [1.807, 2.05) is 0 Å². The van der Waals surface area contributed by atoms with E-state index in [0.29, 0.717) is 0 Å². The number of amides is 1. The number of hydrogen-bond acceptors (Lipinski definition) is 1. The molecule has 0 spiro atoms. The zero-order chi connectivity index (χ0) is 4.28. The first-order valence-corrected chi connectivity index (χ1v) is 1.39. The molecule has 0 rings (SSSR count). The van der Waals surface area contributed by atoms with E-state index in [4.69, 9.17) is 0 Å². The Kier molecular flexibility index (Phi) is 73.7. The summed E-state index contributed by atoms with van der Waals surface area (Å²) in [4.78, 5) is 10.9. The molecule has 0 saturated carbocycles. The Bertz CT molecular complexity index is 46.0. The second-order valence-electron chi connectivity index (χ2n) is 1.07. The van der Waals surface area contributed by atoms with Crippen LogP contribution in [0.4, 0.5) is 0 Å². The van der Waals surface area contributed by atoms with Crippen LogP contribution in [0.3, 0.4) is 0 Å². The van der Waals surface area contributed by atoms with Crippen molar-refractivity contribution >= 4 is 6.41 Å². The molecule has 0 aromatic carbocycles. The summed E-state index contributed by atoms with van der Waals surface area (Å²) in [5.41, 5.74) is 0. The summed E-state index contributed by atoms with van der Waals surface area (Å²) in [6.07, 6.45) is 0.750. The van der Waals surface area contributed by atoms with Gasteiger partial charge in [0.2, 0.25) is 6.41 Å². The Hall–Kier alpha value is 3.30. The van der Waals surface area contributed by atoms with Gasteiger partial charge in [-0.15, -0.1) is 0 Å². The number of carbonyl (C=O) groups excluding carboxylic acids is 1. The maximum absolute atomic E-state index is 9.43. The van der Waals surface area contributed by atoms with Gasteiger partial charge in [0.15, 0.2) is 0 Å². The fourth-order valence-electron chi connectivity index (χ4n) is 0. The van der Waals surface area contributed by atoms with E-state index in [2.05, 4.69) is 0 Å². The zero-order valence-electron chi connectivity index (χ0n) is 5.57. The van der Waals surface area contributed by atoms with Crippen LogP contribution in [-0.4, -0.2) is 25.4 Å². The van der Waals surface area contributed by atoms with Crippen LogP contribution >= 0.6 is 0 Å². The predicted octanol–water partition coefficient (Wildman–Crippen LogP) is -12.3. The predicted molar refractivity (Wildman–Crippen MR) is 19.8 cm³/mol. The molecule has 0 aromatic heterocycles. The van der Waals surface area contributed by atoms with Gasteiger partial charge in [-0.3, -0.25) is 4.79 Å². The van der Waals surface area contributed by atoms with E-state index in [-0.39, 0.29) is 123 Å². The Morgan fingerprint density at radius 1 is 1.22 bits per heavy atom. The third-order valence-corrected chi connectivity index (χ3v) is 0.211. The summed E-state index contributed by atoms with van der Waals surface area (Å²) < 4.78 is 0. The molecule has 9 heavy (non-hydrogen) atoms. The first-order valence-electron chi connectivity index (χ1n) is 1.39. The first kappa shape index (κ1) is 29.5. The summed E-state index contributed by atoms with van der Waals surface area (Å²) in [5, 5.41) is 0. The van der Waals surface area contributed by atoms with Crippen LogP contribution in [0.2, 0.25) is 0 Å². The number of carbonyl (C=O) groups is 1. The summed E-state index contributed by atoms with van der Waals surface area (Å²) in [5.74, 6) is 0. The molecule has 0 unspecified atom stereocenters. The van der Waals surface area contributed by atoms with Crippen molar-refractivity contribution in [3.8, 4) is 0 Å². The number of hydrogen-bond donors (Lipinski definition) is 0. The molecule has 0 saturated heterocycles. The Labute approximate surface area is 150 Å². The average Bonchev–Trinajstić information content (AvgIpc) is 1.38. The molecule has 2 nitrogen and oxygen atoms in total. The van der Waals surface area contributed by atoms with Crippen LogP contribution in [0.1, 0.15) is 0 Å². The van der Waals surface area contributed by atoms with Crippen molar-refractivity contribution in [2.24, 2.45) is 0 Å². The van der Waals surface area contributed by atoms with Crippen LogP contribution in [0.25, 0.3) is 0 Å². The topological polar surface area (TPSA) is 20.3 Å². The minimum Gasteiger partial charge on any atom is -1.00 e. The molecule has 52 valence electrons. The van der Waals surface area contributed by atoms with E-state index in [1.165, 1.54) is 4.90 Å². The average molecular weight is 493 g/mol. The van der Waals surface area contributed by atoms with E-state index >= 15 is 0 Å². The van der Waals surface area contributed by atoms with Gasteiger partial charge in [0.1, 0.15) is 0 Å². The van der Waals surface area contributed by atoms with Crippen LogP contribution in [-0.2, 0) is 4.79 Å². The molecule has 0 aliphatic rings. The third-order valence-electron chi connectivity index (χ3n) is 0.211. The molecule has 0 heterocycles. The van der Waals surface area contributed by atoms with Crippen molar-refractivity contribution in [1.82, 2.24) is 4.90 Å². The largest absolute Gasteiger partial charge is 1.00 e. The molecule has 0 N–H and O–H groups in total. The number of nitrogens with zero attached hydrogens (tertiary/aromatic N) is 1. The quantitative estimate of drug-likeness (QED) is 0.202. The van der Waals surface area contributed by atoms with Crippen LogP contribution < -0.4 is 123 Å². The Morgan fingerprint density at radius 3 is 1.33 bits per heavy atom. The van der Waals surface area contributed by atoms with Gasteiger partial charge in [-0.25, -0.2) is 0 Å². The molecule has 0 aromatic rings.